The number of hydrogen-bond donors (Lipinski definition) is 1. The molecule has 0 spiro atoms. The molecule has 0 aliphatic carbocycles. The molecule has 1 unspecified atom stereocenters. The maximum Gasteiger partial charge on any atom is 0.119 e. The first-order chi connectivity index (χ1) is 8.74. The zero-order valence-corrected chi connectivity index (χ0v) is 11.7. The van der Waals surface area contributed by atoms with Crippen molar-refractivity contribution in [1.29, 1.82) is 0 Å². The molecule has 18 heavy (non-hydrogen) atoms. The van der Waals surface area contributed by atoms with E-state index in [2.05, 4.69) is 19.2 Å². The monoisotopic (exact) mass is 251 g/mol. The topological polar surface area (TPSA) is 30.5 Å². The Morgan fingerprint density at radius 3 is 2.50 bits per heavy atom. The van der Waals surface area contributed by atoms with Gasteiger partial charge in [0.05, 0.1) is 13.2 Å². The molecule has 0 radical (unpaired) electrons. The molecule has 0 aliphatic rings. The van der Waals surface area contributed by atoms with E-state index in [4.69, 9.17) is 9.47 Å². The van der Waals surface area contributed by atoms with Crippen LogP contribution in [-0.4, -0.2) is 32.9 Å². The predicted molar refractivity (Wildman–Crippen MR) is 75.1 cm³/mol. The Morgan fingerprint density at radius 1 is 1.17 bits per heavy atom. The van der Waals surface area contributed by atoms with E-state index in [1.54, 1.807) is 7.11 Å². The van der Waals surface area contributed by atoms with Crippen LogP contribution in [0.4, 0.5) is 0 Å². The van der Waals surface area contributed by atoms with Crippen molar-refractivity contribution in [2.75, 3.05) is 26.9 Å². The van der Waals surface area contributed by atoms with Crippen molar-refractivity contribution < 1.29 is 9.47 Å². The number of methoxy groups -OCH3 is 1. The second-order valence-corrected chi connectivity index (χ2v) is 4.78. The van der Waals surface area contributed by atoms with Crippen LogP contribution < -0.4 is 10.1 Å². The minimum Gasteiger partial charge on any atom is -0.494 e. The highest BCUT2D eigenvalue weighted by Gasteiger charge is 2.11. The van der Waals surface area contributed by atoms with Crippen molar-refractivity contribution in [2.24, 2.45) is 5.92 Å². The third-order valence-electron chi connectivity index (χ3n) is 2.89. The van der Waals surface area contributed by atoms with Crippen molar-refractivity contribution in [3.63, 3.8) is 0 Å². The SMILES string of the molecule is COCC(NCCCOc1ccccc1)C(C)C. The second-order valence-electron chi connectivity index (χ2n) is 4.78. The molecule has 0 amide bonds. The fourth-order valence-corrected chi connectivity index (χ4v) is 1.73. The molecule has 0 fully saturated rings. The van der Waals surface area contributed by atoms with Gasteiger partial charge in [0.2, 0.25) is 0 Å². The molecule has 3 nitrogen and oxygen atoms in total. The Labute approximate surface area is 110 Å². The highest BCUT2D eigenvalue weighted by Crippen LogP contribution is 2.08. The van der Waals surface area contributed by atoms with E-state index in [9.17, 15) is 0 Å². The molecule has 1 rings (SSSR count). The molecule has 0 aliphatic heterocycles. The lowest BCUT2D eigenvalue weighted by Crippen LogP contribution is -2.38. The molecule has 0 aromatic heterocycles. The largest absolute Gasteiger partial charge is 0.494 e. The number of rotatable bonds is 9. The zero-order chi connectivity index (χ0) is 13.2. The molecular weight excluding hydrogens is 226 g/mol. The Bertz CT molecular complexity index is 301. The van der Waals surface area contributed by atoms with Gasteiger partial charge in [-0.3, -0.25) is 0 Å². The highest BCUT2D eigenvalue weighted by atomic mass is 16.5. The zero-order valence-electron chi connectivity index (χ0n) is 11.7. The van der Waals surface area contributed by atoms with E-state index in [0.717, 1.165) is 31.9 Å². The predicted octanol–water partition coefficient (Wildman–Crippen LogP) is 2.72. The number of para-hydroxylation sites is 1. The lowest BCUT2D eigenvalue weighted by Gasteiger charge is -2.21. The average molecular weight is 251 g/mol. The van der Waals surface area contributed by atoms with Crippen LogP contribution in [0.15, 0.2) is 30.3 Å². The smallest absolute Gasteiger partial charge is 0.119 e. The van der Waals surface area contributed by atoms with Crippen LogP contribution in [0.3, 0.4) is 0 Å². The number of hydrogen-bond acceptors (Lipinski definition) is 3. The lowest BCUT2D eigenvalue weighted by atomic mass is 10.1. The quantitative estimate of drug-likeness (QED) is 0.685. The molecular formula is C15H25NO2. The Balaban J connectivity index is 2.10. The molecule has 1 atom stereocenters. The molecule has 1 N–H and O–H groups in total. The van der Waals surface area contributed by atoms with Crippen LogP contribution in [0.1, 0.15) is 20.3 Å². The van der Waals surface area contributed by atoms with Gasteiger partial charge in [-0.2, -0.15) is 0 Å². The summed E-state index contributed by atoms with van der Waals surface area (Å²) in [7, 11) is 1.75. The van der Waals surface area contributed by atoms with E-state index in [0.29, 0.717) is 12.0 Å². The van der Waals surface area contributed by atoms with Crippen molar-refractivity contribution in [3.8, 4) is 5.75 Å². The van der Waals surface area contributed by atoms with Crippen LogP contribution >= 0.6 is 0 Å². The summed E-state index contributed by atoms with van der Waals surface area (Å²) >= 11 is 0. The van der Waals surface area contributed by atoms with Crippen molar-refractivity contribution >= 4 is 0 Å². The van der Waals surface area contributed by atoms with Gasteiger partial charge in [-0.15, -0.1) is 0 Å². The second kappa shape index (κ2) is 8.95. The molecule has 1 aromatic rings. The summed E-state index contributed by atoms with van der Waals surface area (Å²) in [5, 5.41) is 3.50. The third kappa shape index (κ3) is 6.03. The van der Waals surface area contributed by atoms with Gasteiger partial charge in [0.1, 0.15) is 5.75 Å². The maximum atomic E-state index is 5.64. The van der Waals surface area contributed by atoms with Crippen LogP contribution in [0.25, 0.3) is 0 Å². The highest BCUT2D eigenvalue weighted by molar-refractivity contribution is 5.20. The van der Waals surface area contributed by atoms with Crippen molar-refractivity contribution in [2.45, 2.75) is 26.3 Å². The van der Waals surface area contributed by atoms with Gasteiger partial charge in [0.15, 0.2) is 0 Å². The fourth-order valence-electron chi connectivity index (χ4n) is 1.73. The normalized spacial score (nSPS) is 12.7. The van der Waals surface area contributed by atoms with Crippen LogP contribution in [-0.2, 0) is 4.74 Å². The first-order valence-corrected chi connectivity index (χ1v) is 6.64. The van der Waals surface area contributed by atoms with E-state index in [1.165, 1.54) is 0 Å². The summed E-state index contributed by atoms with van der Waals surface area (Å²) in [6, 6.07) is 10.4. The first-order valence-electron chi connectivity index (χ1n) is 6.64. The summed E-state index contributed by atoms with van der Waals surface area (Å²) < 4.78 is 10.8. The molecule has 0 saturated heterocycles. The minimum atomic E-state index is 0.423. The van der Waals surface area contributed by atoms with Gasteiger partial charge in [-0.05, 0) is 31.0 Å². The summed E-state index contributed by atoms with van der Waals surface area (Å²) in [4.78, 5) is 0. The van der Waals surface area contributed by atoms with E-state index in [1.807, 2.05) is 30.3 Å². The minimum absolute atomic E-state index is 0.423. The lowest BCUT2D eigenvalue weighted by molar-refractivity contribution is 0.146. The molecule has 0 saturated carbocycles. The van der Waals surface area contributed by atoms with Crippen molar-refractivity contribution in [3.05, 3.63) is 30.3 Å². The fraction of sp³-hybridized carbons (Fsp3) is 0.600. The third-order valence-corrected chi connectivity index (χ3v) is 2.89. The van der Waals surface area contributed by atoms with Crippen molar-refractivity contribution in [1.82, 2.24) is 5.32 Å². The van der Waals surface area contributed by atoms with Gasteiger partial charge in [-0.25, -0.2) is 0 Å². The summed E-state index contributed by atoms with van der Waals surface area (Å²) in [6.45, 7) is 6.87. The average Bonchev–Trinajstić information content (AvgIpc) is 2.38. The summed E-state index contributed by atoms with van der Waals surface area (Å²) in [5.41, 5.74) is 0. The van der Waals surface area contributed by atoms with Gasteiger partial charge >= 0.3 is 0 Å². The molecule has 3 heteroatoms. The van der Waals surface area contributed by atoms with E-state index < -0.39 is 0 Å². The summed E-state index contributed by atoms with van der Waals surface area (Å²) in [5.74, 6) is 1.52. The van der Waals surface area contributed by atoms with E-state index in [-0.39, 0.29) is 0 Å². The Kier molecular flexibility index (Phi) is 7.46. The first kappa shape index (κ1) is 15.0. The molecule has 1 aromatic carbocycles. The van der Waals surface area contributed by atoms with Gasteiger partial charge in [0, 0.05) is 13.2 Å². The molecule has 0 bridgehead atoms. The van der Waals surface area contributed by atoms with Crippen LogP contribution in [0, 0.1) is 5.92 Å². The van der Waals surface area contributed by atoms with Gasteiger partial charge < -0.3 is 14.8 Å². The Hall–Kier alpha value is -1.06. The van der Waals surface area contributed by atoms with Gasteiger partial charge in [-0.1, -0.05) is 32.0 Å². The van der Waals surface area contributed by atoms with Gasteiger partial charge in [0.25, 0.3) is 0 Å². The molecule has 102 valence electrons. The number of ether oxygens (including phenoxy) is 2. The number of benzene rings is 1. The maximum absolute atomic E-state index is 5.64. The van der Waals surface area contributed by atoms with Crippen LogP contribution in [0.5, 0.6) is 5.75 Å². The Morgan fingerprint density at radius 2 is 1.89 bits per heavy atom. The standard InChI is InChI=1S/C15H25NO2/c1-13(2)15(12-17-3)16-10-7-11-18-14-8-5-4-6-9-14/h4-6,8-9,13,15-16H,7,10-12H2,1-3H3. The van der Waals surface area contributed by atoms with Crippen LogP contribution in [0.2, 0.25) is 0 Å². The molecule has 0 heterocycles. The summed E-state index contributed by atoms with van der Waals surface area (Å²) in [6.07, 6.45) is 1.00. The van der Waals surface area contributed by atoms with E-state index >= 15 is 0 Å². The number of nitrogens with one attached hydrogen (secondary N) is 1.